The van der Waals surface area contributed by atoms with Crippen molar-refractivity contribution in [1.82, 2.24) is 5.32 Å². The first kappa shape index (κ1) is 18.6. The minimum Gasteiger partial charge on any atom is -0.494 e. The third-order valence-electron chi connectivity index (χ3n) is 3.61. The van der Waals surface area contributed by atoms with Crippen LogP contribution in [0.25, 0.3) is 0 Å². The number of benzene rings is 2. The second-order valence-electron chi connectivity index (χ2n) is 5.88. The zero-order valence-electron chi connectivity index (χ0n) is 15.0. The van der Waals surface area contributed by atoms with E-state index in [4.69, 9.17) is 9.47 Å². The van der Waals surface area contributed by atoms with Crippen LogP contribution < -0.4 is 20.1 Å². The Labute approximate surface area is 149 Å². The Morgan fingerprint density at radius 2 is 1.76 bits per heavy atom. The van der Waals surface area contributed by atoms with E-state index in [1.807, 2.05) is 37.3 Å². The fourth-order valence-electron chi connectivity index (χ4n) is 2.39. The van der Waals surface area contributed by atoms with E-state index in [2.05, 4.69) is 30.5 Å². The molecule has 0 aliphatic heterocycles. The minimum atomic E-state index is -0.259. The Morgan fingerprint density at radius 3 is 2.44 bits per heavy atom. The molecule has 0 aromatic heterocycles. The van der Waals surface area contributed by atoms with Crippen LogP contribution in [0.15, 0.2) is 48.5 Å². The van der Waals surface area contributed by atoms with Crippen LogP contribution >= 0.6 is 0 Å². The SMILES string of the molecule is CCOc1ccc(NC(=O)NCCOc2ccccc2C(C)C)cc1. The van der Waals surface area contributed by atoms with Crippen LogP contribution in [0, 0.1) is 0 Å². The lowest BCUT2D eigenvalue weighted by Gasteiger charge is -2.14. The number of nitrogens with one attached hydrogen (secondary N) is 2. The number of para-hydroxylation sites is 1. The molecule has 0 aliphatic rings. The van der Waals surface area contributed by atoms with Crippen LogP contribution in [0.1, 0.15) is 32.3 Å². The Kier molecular flexibility index (Phi) is 7.14. The lowest BCUT2D eigenvalue weighted by atomic mass is 10.0. The summed E-state index contributed by atoms with van der Waals surface area (Å²) in [6.45, 7) is 7.65. The highest BCUT2D eigenvalue weighted by Crippen LogP contribution is 2.25. The second kappa shape index (κ2) is 9.57. The van der Waals surface area contributed by atoms with E-state index in [1.54, 1.807) is 12.1 Å². The van der Waals surface area contributed by atoms with Gasteiger partial charge in [-0.25, -0.2) is 4.79 Å². The van der Waals surface area contributed by atoms with Crippen molar-refractivity contribution in [1.29, 1.82) is 0 Å². The molecule has 0 unspecified atom stereocenters. The molecule has 0 atom stereocenters. The number of rotatable bonds is 8. The van der Waals surface area contributed by atoms with E-state index in [9.17, 15) is 4.79 Å². The molecule has 25 heavy (non-hydrogen) atoms. The van der Waals surface area contributed by atoms with Gasteiger partial charge in [0.1, 0.15) is 18.1 Å². The van der Waals surface area contributed by atoms with Gasteiger partial charge in [-0.05, 0) is 48.7 Å². The Bertz CT molecular complexity index is 669. The smallest absolute Gasteiger partial charge is 0.319 e. The van der Waals surface area contributed by atoms with E-state index in [-0.39, 0.29) is 6.03 Å². The number of anilines is 1. The van der Waals surface area contributed by atoms with Crippen LogP contribution in [0.2, 0.25) is 0 Å². The van der Waals surface area contributed by atoms with Gasteiger partial charge in [0.25, 0.3) is 0 Å². The van der Waals surface area contributed by atoms with E-state index >= 15 is 0 Å². The lowest BCUT2D eigenvalue weighted by molar-refractivity contribution is 0.247. The third-order valence-corrected chi connectivity index (χ3v) is 3.61. The number of carbonyl (C=O) groups is 1. The molecule has 0 radical (unpaired) electrons. The lowest BCUT2D eigenvalue weighted by Crippen LogP contribution is -2.32. The van der Waals surface area contributed by atoms with Gasteiger partial charge in [-0.3, -0.25) is 0 Å². The predicted octanol–water partition coefficient (Wildman–Crippen LogP) is 4.41. The molecule has 0 saturated heterocycles. The molecule has 0 aliphatic carbocycles. The van der Waals surface area contributed by atoms with Crippen molar-refractivity contribution in [3.63, 3.8) is 0 Å². The number of hydrogen-bond donors (Lipinski definition) is 2. The topological polar surface area (TPSA) is 59.6 Å². The summed E-state index contributed by atoms with van der Waals surface area (Å²) < 4.78 is 11.2. The van der Waals surface area contributed by atoms with Crippen LogP contribution in [0.5, 0.6) is 11.5 Å². The summed E-state index contributed by atoms with van der Waals surface area (Å²) in [6.07, 6.45) is 0. The summed E-state index contributed by atoms with van der Waals surface area (Å²) in [5.74, 6) is 2.05. The molecule has 2 amide bonds. The zero-order chi connectivity index (χ0) is 18.1. The highest BCUT2D eigenvalue weighted by Gasteiger charge is 2.07. The van der Waals surface area contributed by atoms with Gasteiger partial charge < -0.3 is 20.1 Å². The first-order chi connectivity index (χ1) is 12.1. The Morgan fingerprint density at radius 1 is 1.04 bits per heavy atom. The van der Waals surface area contributed by atoms with Gasteiger partial charge in [0.05, 0.1) is 13.2 Å². The number of amides is 2. The third kappa shape index (κ3) is 6.03. The van der Waals surface area contributed by atoms with Gasteiger partial charge in [0.2, 0.25) is 0 Å². The van der Waals surface area contributed by atoms with Crippen molar-refractivity contribution in [2.45, 2.75) is 26.7 Å². The standard InChI is InChI=1S/C20H26N2O3/c1-4-24-17-11-9-16(10-12-17)22-20(23)21-13-14-25-19-8-6-5-7-18(19)15(2)3/h5-12,15H,4,13-14H2,1-3H3,(H2,21,22,23). The zero-order valence-corrected chi connectivity index (χ0v) is 15.0. The quantitative estimate of drug-likeness (QED) is 0.699. The summed E-state index contributed by atoms with van der Waals surface area (Å²) in [5.41, 5.74) is 1.88. The maximum Gasteiger partial charge on any atom is 0.319 e. The molecular formula is C20H26N2O3. The first-order valence-corrected chi connectivity index (χ1v) is 8.59. The van der Waals surface area contributed by atoms with Crippen molar-refractivity contribution >= 4 is 11.7 Å². The summed E-state index contributed by atoms with van der Waals surface area (Å²) in [7, 11) is 0. The van der Waals surface area contributed by atoms with Gasteiger partial charge in [0, 0.05) is 5.69 Å². The maximum absolute atomic E-state index is 11.9. The predicted molar refractivity (Wildman–Crippen MR) is 101 cm³/mol. The van der Waals surface area contributed by atoms with Crippen molar-refractivity contribution in [2.24, 2.45) is 0 Å². The summed E-state index contributed by atoms with van der Waals surface area (Å²) >= 11 is 0. The molecule has 5 heteroatoms. The fourth-order valence-corrected chi connectivity index (χ4v) is 2.39. The van der Waals surface area contributed by atoms with Gasteiger partial charge >= 0.3 is 6.03 Å². The number of hydrogen-bond acceptors (Lipinski definition) is 3. The second-order valence-corrected chi connectivity index (χ2v) is 5.88. The molecule has 0 spiro atoms. The molecule has 0 heterocycles. The molecular weight excluding hydrogens is 316 g/mol. The monoisotopic (exact) mass is 342 g/mol. The van der Waals surface area contributed by atoms with Crippen molar-refractivity contribution < 1.29 is 14.3 Å². The summed E-state index contributed by atoms with van der Waals surface area (Å²) in [6, 6.07) is 15.0. The van der Waals surface area contributed by atoms with Crippen molar-refractivity contribution in [2.75, 3.05) is 25.1 Å². The average Bonchev–Trinajstić information content (AvgIpc) is 2.61. The molecule has 5 nitrogen and oxygen atoms in total. The largest absolute Gasteiger partial charge is 0.494 e. The summed E-state index contributed by atoms with van der Waals surface area (Å²) in [5, 5.41) is 5.56. The van der Waals surface area contributed by atoms with Gasteiger partial charge in [-0.2, -0.15) is 0 Å². The van der Waals surface area contributed by atoms with E-state index < -0.39 is 0 Å². The Balaban J connectivity index is 1.74. The van der Waals surface area contributed by atoms with Gasteiger partial charge in [-0.15, -0.1) is 0 Å². The van der Waals surface area contributed by atoms with Gasteiger partial charge in [-0.1, -0.05) is 32.0 Å². The molecule has 0 fully saturated rings. The van der Waals surface area contributed by atoms with E-state index in [1.165, 1.54) is 5.56 Å². The molecule has 0 bridgehead atoms. The van der Waals surface area contributed by atoms with Gasteiger partial charge in [0.15, 0.2) is 0 Å². The first-order valence-electron chi connectivity index (χ1n) is 8.59. The van der Waals surface area contributed by atoms with Crippen LogP contribution in [0.4, 0.5) is 10.5 Å². The molecule has 0 saturated carbocycles. The van der Waals surface area contributed by atoms with Crippen LogP contribution in [0.3, 0.4) is 0 Å². The number of urea groups is 1. The minimum absolute atomic E-state index is 0.259. The number of ether oxygens (including phenoxy) is 2. The van der Waals surface area contributed by atoms with E-state index in [0.29, 0.717) is 31.4 Å². The van der Waals surface area contributed by atoms with Crippen LogP contribution in [-0.4, -0.2) is 25.8 Å². The van der Waals surface area contributed by atoms with Crippen molar-refractivity contribution in [3.05, 3.63) is 54.1 Å². The number of carbonyl (C=O) groups excluding carboxylic acids is 1. The summed E-state index contributed by atoms with van der Waals surface area (Å²) in [4.78, 5) is 11.9. The molecule has 134 valence electrons. The Hall–Kier alpha value is -2.69. The highest BCUT2D eigenvalue weighted by molar-refractivity contribution is 5.89. The average molecular weight is 342 g/mol. The molecule has 2 aromatic carbocycles. The van der Waals surface area contributed by atoms with Crippen molar-refractivity contribution in [3.8, 4) is 11.5 Å². The normalized spacial score (nSPS) is 10.4. The fraction of sp³-hybridized carbons (Fsp3) is 0.350. The van der Waals surface area contributed by atoms with Crippen LogP contribution in [-0.2, 0) is 0 Å². The molecule has 2 rings (SSSR count). The maximum atomic E-state index is 11.9. The molecule has 2 N–H and O–H groups in total. The highest BCUT2D eigenvalue weighted by atomic mass is 16.5. The molecule has 2 aromatic rings. The van der Waals surface area contributed by atoms with E-state index in [0.717, 1.165) is 11.5 Å².